The Morgan fingerprint density at radius 3 is 2.45 bits per heavy atom. The van der Waals surface area contributed by atoms with Crippen LogP contribution < -0.4 is 0 Å². The quantitative estimate of drug-likeness (QED) is 0.855. The number of aromatic nitrogens is 3. The van der Waals surface area contributed by atoms with Crippen molar-refractivity contribution in [3.05, 3.63) is 11.6 Å². The first-order valence-corrected chi connectivity index (χ1v) is 9.45. The van der Waals surface area contributed by atoms with Crippen molar-refractivity contribution in [1.29, 1.82) is 0 Å². The zero-order valence-electron chi connectivity index (χ0n) is 14.0. The van der Waals surface area contributed by atoms with Crippen molar-refractivity contribution < 1.29 is 0 Å². The first-order chi connectivity index (χ1) is 10.8. The highest BCUT2D eigenvalue weighted by Crippen LogP contribution is 2.37. The van der Waals surface area contributed by atoms with E-state index in [4.69, 9.17) is 0 Å². The summed E-state index contributed by atoms with van der Waals surface area (Å²) in [6.45, 7) is 2.27. The summed E-state index contributed by atoms with van der Waals surface area (Å²) in [6, 6.07) is 0.806. The van der Waals surface area contributed by atoms with Crippen molar-refractivity contribution in [2.24, 2.45) is 13.0 Å². The maximum absolute atomic E-state index is 4.55. The molecule has 1 aromatic rings. The second kappa shape index (κ2) is 6.31. The third-order valence-electron chi connectivity index (χ3n) is 6.42. The molecule has 4 rings (SSSR count). The summed E-state index contributed by atoms with van der Waals surface area (Å²) in [6.07, 6.45) is 13.9. The number of fused-ring (bicyclic) bond motifs is 1. The van der Waals surface area contributed by atoms with Crippen LogP contribution >= 0.6 is 0 Å². The lowest BCUT2D eigenvalue weighted by Gasteiger charge is -2.38. The van der Waals surface area contributed by atoms with Crippen molar-refractivity contribution in [1.82, 2.24) is 19.7 Å². The molecule has 1 aromatic heterocycles. The summed E-state index contributed by atoms with van der Waals surface area (Å²) in [5.74, 6) is 4.04. The molecule has 2 atom stereocenters. The van der Waals surface area contributed by atoms with Gasteiger partial charge in [0.2, 0.25) is 0 Å². The monoisotopic (exact) mass is 302 g/mol. The molecule has 0 spiro atoms. The van der Waals surface area contributed by atoms with E-state index in [0.29, 0.717) is 5.92 Å². The van der Waals surface area contributed by atoms with Crippen LogP contribution in [-0.2, 0) is 13.6 Å². The summed E-state index contributed by atoms with van der Waals surface area (Å²) in [4.78, 5) is 2.74. The zero-order chi connectivity index (χ0) is 14.9. The van der Waals surface area contributed by atoms with Gasteiger partial charge in [-0.1, -0.05) is 25.7 Å². The SMILES string of the molecule is Cn1c(CN2CCCC[C@@H]3CCCC[C@@H]32)nnc1C1CCC1. The van der Waals surface area contributed by atoms with E-state index in [-0.39, 0.29) is 0 Å². The average Bonchev–Trinajstić information content (AvgIpc) is 2.72. The largest absolute Gasteiger partial charge is 0.317 e. The molecule has 3 aliphatic rings. The van der Waals surface area contributed by atoms with E-state index >= 15 is 0 Å². The highest BCUT2D eigenvalue weighted by Gasteiger charge is 2.33. The molecule has 0 aromatic carbocycles. The van der Waals surface area contributed by atoms with Gasteiger partial charge in [0.1, 0.15) is 11.6 Å². The number of nitrogens with zero attached hydrogens (tertiary/aromatic N) is 4. The minimum absolute atomic E-state index is 0.679. The van der Waals surface area contributed by atoms with Gasteiger partial charge in [0, 0.05) is 19.0 Å². The Morgan fingerprint density at radius 2 is 1.68 bits per heavy atom. The molecule has 2 saturated carbocycles. The smallest absolute Gasteiger partial charge is 0.146 e. The standard InChI is InChI=1S/C18H30N4/c1-21-17(19-20-18(21)15-9-6-10-15)13-22-12-5-4-8-14-7-2-3-11-16(14)22/h14-16H,2-13H2,1H3/t14-,16-/m0/s1. The van der Waals surface area contributed by atoms with Crippen molar-refractivity contribution in [2.75, 3.05) is 6.54 Å². The number of rotatable bonds is 3. The van der Waals surface area contributed by atoms with Gasteiger partial charge in [0.25, 0.3) is 0 Å². The van der Waals surface area contributed by atoms with E-state index in [2.05, 4.69) is 26.7 Å². The predicted octanol–water partition coefficient (Wildman–Crippen LogP) is 3.63. The van der Waals surface area contributed by atoms with Crippen LogP contribution in [0.5, 0.6) is 0 Å². The second-order valence-electron chi connectivity index (χ2n) is 7.74. The fraction of sp³-hybridized carbons (Fsp3) is 0.889. The summed E-state index contributed by atoms with van der Waals surface area (Å²) in [5, 5.41) is 9.07. The van der Waals surface area contributed by atoms with Gasteiger partial charge < -0.3 is 4.57 Å². The third kappa shape index (κ3) is 2.70. The normalized spacial score (nSPS) is 30.6. The molecule has 0 amide bonds. The number of likely N-dealkylation sites (tertiary alicyclic amines) is 1. The van der Waals surface area contributed by atoms with Crippen LogP contribution in [0.2, 0.25) is 0 Å². The average molecular weight is 302 g/mol. The van der Waals surface area contributed by atoms with Crippen molar-refractivity contribution in [3.8, 4) is 0 Å². The van der Waals surface area contributed by atoms with E-state index < -0.39 is 0 Å². The molecule has 4 heteroatoms. The fourth-order valence-electron chi connectivity index (χ4n) is 4.81. The van der Waals surface area contributed by atoms with E-state index in [1.165, 1.54) is 82.4 Å². The Hall–Kier alpha value is -0.900. The van der Waals surface area contributed by atoms with Gasteiger partial charge >= 0.3 is 0 Å². The molecular weight excluding hydrogens is 272 g/mol. The molecule has 2 aliphatic carbocycles. The molecular formula is C18H30N4. The van der Waals surface area contributed by atoms with Gasteiger partial charge in [-0.05, 0) is 51.0 Å². The van der Waals surface area contributed by atoms with Crippen LogP contribution in [0.1, 0.15) is 81.8 Å². The summed E-state index contributed by atoms with van der Waals surface area (Å²) >= 11 is 0. The van der Waals surface area contributed by atoms with Crippen LogP contribution in [0.4, 0.5) is 0 Å². The number of hydrogen-bond donors (Lipinski definition) is 0. The van der Waals surface area contributed by atoms with Crippen molar-refractivity contribution in [2.45, 2.75) is 82.7 Å². The van der Waals surface area contributed by atoms with Crippen LogP contribution in [0.25, 0.3) is 0 Å². The van der Waals surface area contributed by atoms with Crippen LogP contribution in [0.15, 0.2) is 0 Å². The highest BCUT2D eigenvalue weighted by atomic mass is 15.3. The van der Waals surface area contributed by atoms with E-state index in [1.54, 1.807) is 0 Å². The van der Waals surface area contributed by atoms with Gasteiger partial charge in [0.05, 0.1) is 6.54 Å². The number of hydrogen-bond acceptors (Lipinski definition) is 3. The van der Waals surface area contributed by atoms with Gasteiger partial charge in [-0.3, -0.25) is 4.90 Å². The second-order valence-corrected chi connectivity index (χ2v) is 7.74. The molecule has 0 N–H and O–H groups in total. The van der Waals surface area contributed by atoms with Crippen molar-refractivity contribution >= 4 is 0 Å². The van der Waals surface area contributed by atoms with Crippen molar-refractivity contribution in [3.63, 3.8) is 0 Å². The van der Waals surface area contributed by atoms with Gasteiger partial charge in [-0.2, -0.15) is 0 Å². The van der Waals surface area contributed by atoms with Gasteiger partial charge in [-0.25, -0.2) is 0 Å². The fourth-order valence-corrected chi connectivity index (χ4v) is 4.81. The summed E-state index contributed by atoms with van der Waals surface area (Å²) in [5.41, 5.74) is 0. The minimum atomic E-state index is 0.679. The molecule has 22 heavy (non-hydrogen) atoms. The molecule has 4 nitrogen and oxygen atoms in total. The Balaban J connectivity index is 1.50. The Labute approximate surface area is 134 Å². The lowest BCUT2D eigenvalue weighted by Crippen LogP contribution is -2.41. The van der Waals surface area contributed by atoms with E-state index in [1.807, 2.05) is 0 Å². The first-order valence-electron chi connectivity index (χ1n) is 9.45. The summed E-state index contributed by atoms with van der Waals surface area (Å²) < 4.78 is 2.30. The molecule has 1 saturated heterocycles. The minimum Gasteiger partial charge on any atom is -0.317 e. The molecule has 1 aliphatic heterocycles. The van der Waals surface area contributed by atoms with Crippen LogP contribution in [0.3, 0.4) is 0 Å². The molecule has 0 unspecified atom stereocenters. The lowest BCUT2D eigenvalue weighted by atomic mass is 9.81. The van der Waals surface area contributed by atoms with Crippen LogP contribution in [-0.4, -0.2) is 32.3 Å². The topological polar surface area (TPSA) is 34.0 Å². The van der Waals surface area contributed by atoms with E-state index in [9.17, 15) is 0 Å². The Kier molecular flexibility index (Phi) is 4.21. The van der Waals surface area contributed by atoms with E-state index in [0.717, 1.165) is 18.5 Å². The summed E-state index contributed by atoms with van der Waals surface area (Å²) in [7, 11) is 2.18. The van der Waals surface area contributed by atoms with Gasteiger partial charge in [0.15, 0.2) is 0 Å². The molecule has 0 radical (unpaired) electrons. The Bertz CT molecular complexity index is 505. The maximum atomic E-state index is 4.55. The highest BCUT2D eigenvalue weighted by molar-refractivity contribution is 5.05. The molecule has 122 valence electrons. The third-order valence-corrected chi connectivity index (χ3v) is 6.42. The lowest BCUT2D eigenvalue weighted by molar-refractivity contribution is 0.106. The molecule has 0 bridgehead atoms. The maximum Gasteiger partial charge on any atom is 0.146 e. The Morgan fingerprint density at radius 1 is 0.909 bits per heavy atom. The molecule has 2 heterocycles. The molecule has 3 fully saturated rings. The zero-order valence-corrected chi connectivity index (χ0v) is 14.0. The predicted molar refractivity (Wildman–Crippen MR) is 87.6 cm³/mol. The first kappa shape index (κ1) is 14.7. The van der Waals surface area contributed by atoms with Crippen LogP contribution in [0, 0.1) is 5.92 Å². The van der Waals surface area contributed by atoms with Gasteiger partial charge in [-0.15, -0.1) is 10.2 Å².